The smallest absolute Gasteiger partial charge is 0.133 e. The van der Waals surface area contributed by atoms with E-state index in [1.54, 1.807) is 6.92 Å². The molecule has 1 aromatic rings. The molecule has 0 bridgehead atoms. The van der Waals surface area contributed by atoms with Gasteiger partial charge in [-0.05, 0) is 35.8 Å². The van der Waals surface area contributed by atoms with Gasteiger partial charge in [0.25, 0.3) is 0 Å². The van der Waals surface area contributed by atoms with E-state index in [0.29, 0.717) is 17.6 Å². The van der Waals surface area contributed by atoms with Gasteiger partial charge in [-0.3, -0.25) is 4.79 Å². The maximum atomic E-state index is 11.2. The lowest BCUT2D eigenvalue weighted by Crippen LogP contribution is -2.10. The lowest BCUT2D eigenvalue weighted by Gasteiger charge is -2.19. The first-order valence-electron chi connectivity index (χ1n) is 6.00. The van der Waals surface area contributed by atoms with Gasteiger partial charge in [-0.2, -0.15) is 0 Å². The molecule has 1 aliphatic rings. The molecule has 1 aromatic carbocycles. The number of Topliss-reactive ketones (excluding diaryl/α,β-unsaturated/α-hetero) is 1. The molecule has 2 atom stereocenters. The van der Waals surface area contributed by atoms with Crippen LogP contribution in [-0.2, 0) is 10.2 Å². The molecule has 0 N–H and O–H groups in total. The SMILES string of the molecule is CC(=O)C1CC1c1ccc(C(C)(C)C)cc1. The van der Waals surface area contributed by atoms with Crippen molar-refractivity contribution < 1.29 is 4.79 Å². The van der Waals surface area contributed by atoms with Crippen LogP contribution in [0.5, 0.6) is 0 Å². The van der Waals surface area contributed by atoms with Crippen LogP contribution in [0.1, 0.15) is 51.2 Å². The number of hydrogen-bond acceptors (Lipinski definition) is 1. The zero-order valence-corrected chi connectivity index (χ0v) is 10.6. The lowest BCUT2D eigenvalue weighted by molar-refractivity contribution is -0.118. The summed E-state index contributed by atoms with van der Waals surface area (Å²) in [6.07, 6.45) is 1.05. The zero-order chi connectivity index (χ0) is 11.9. The number of benzene rings is 1. The Labute approximate surface area is 97.9 Å². The van der Waals surface area contributed by atoms with E-state index in [2.05, 4.69) is 45.0 Å². The van der Waals surface area contributed by atoms with Crippen molar-refractivity contribution >= 4 is 5.78 Å². The largest absolute Gasteiger partial charge is 0.300 e. The molecule has 2 unspecified atom stereocenters. The molecule has 0 spiro atoms. The summed E-state index contributed by atoms with van der Waals surface area (Å²) in [6.45, 7) is 8.36. The minimum Gasteiger partial charge on any atom is -0.300 e. The van der Waals surface area contributed by atoms with Gasteiger partial charge in [0.05, 0.1) is 0 Å². The molecule has 0 heterocycles. The van der Waals surface area contributed by atoms with Gasteiger partial charge in [-0.25, -0.2) is 0 Å². The maximum absolute atomic E-state index is 11.2. The number of carbonyl (C=O) groups is 1. The van der Waals surface area contributed by atoms with Crippen molar-refractivity contribution in [2.45, 2.75) is 45.4 Å². The molecule has 0 aromatic heterocycles. The first-order chi connectivity index (χ1) is 7.39. The van der Waals surface area contributed by atoms with Crippen LogP contribution in [0.4, 0.5) is 0 Å². The lowest BCUT2D eigenvalue weighted by atomic mass is 9.86. The number of ketones is 1. The van der Waals surface area contributed by atoms with Crippen LogP contribution in [0, 0.1) is 5.92 Å². The van der Waals surface area contributed by atoms with Crippen LogP contribution in [0.25, 0.3) is 0 Å². The van der Waals surface area contributed by atoms with Crippen molar-refractivity contribution in [1.29, 1.82) is 0 Å². The Kier molecular flexibility index (Phi) is 2.65. The quantitative estimate of drug-likeness (QED) is 0.737. The normalized spacial score (nSPS) is 24.2. The van der Waals surface area contributed by atoms with Crippen molar-refractivity contribution in [2.24, 2.45) is 5.92 Å². The molecule has 86 valence electrons. The third-order valence-corrected chi connectivity index (χ3v) is 3.52. The molecule has 1 saturated carbocycles. The standard InChI is InChI=1S/C15H20O/c1-10(16)13-9-14(13)11-5-7-12(8-6-11)15(2,3)4/h5-8,13-14H,9H2,1-4H3. The average Bonchev–Trinajstić information content (AvgIpc) is 2.96. The number of hydrogen-bond donors (Lipinski definition) is 0. The van der Waals surface area contributed by atoms with Crippen molar-refractivity contribution in [1.82, 2.24) is 0 Å². The molecule has 16 heavy (non-hydrogen) atoms. The van der Waals surface area contributed by atoms with E-state index < -0.39 is 0 Å². The summed E-state index contributed by atoms with van der Waals surface area (Å²) in [5.41, 5.74) is 2.90. The molecule has 0 amide bonds. The van der Waals surface area contributed by atoms with E-state index in [9.17, 15) is 4.79 Å². The van der Waals surface area contributed by atoms with Crippen LogP contribution in [0.2, 0.25) is 0 Å². The third kappa shape index (κ3) is 2.18. The number of carbonyl (C=O) groups excluding carboxylic acids is 1. The molecule has 1 fully saturated rings. The molecular formula is C15H20O. The van der Waals surface area contributed by atoms with E-state index in [1.807, 2.05) is 0 Å². The molecule has 1 heteroatoms. The van der Waals surface area contributed by atoms with Gasteiger partial charge in [-0.15, -0.1) is 0 Å². The fourth-order valence-electron chi connectivity index (χ4n) is 2.24. The van der Waals surface area contributed by atoms with E-state index in [4.69, 9.17) is 0 Å². The van der Waals surface area contributed by atoms with E-state index in [0.717, 1.165) is 6.42 Å². The maximum Gasteiger partial charge on any atom is 0.133 e. The zero-order valence-electron chi connectivity index (χ0n) is 10.6. The van der Waals surface area contributed by atoms with Crippen molar-refractivity contribution in [3.05, 3.63) is 35.4 Å². The Hall–Kier alpha value is -1.11. The van der Waals surface area contributed by atoms with Crippen molar-refractivity contribution in [3.63, 3.8) is 0 Å². The molecule has 2 rings (SSSR count). The molecule has 0 radical (unpaired) electrons. The summed E-state index contributed by atoms with van der Waals surface area (Å²) in [4.78, 5) is 11.2. The minimum absolute atomic E-state index is 0.210. The second kappa shape index (κ2) is 3.73. The predicted octanol–water partition coefficient (Wildman–Crippen LogP) is 3.68. The predicted molar refractivity (Wildman–Crippen MR) is 66.7 cm³/mol. The Bertz CT molecular complexity index is 394. The number of rotatable bonds is 2. The Morgan fingerprint density at radius 1 is 1.19 bits per heavy atom. The summed E-state index contributed by atoms with van der Waals surface area (Å²) in [6, 6.07) is 8.78. The summed E-state index contributed by atoms with van der Waals surface area (Å²) in [7, 11) is 0. The topological polar surface area (TPSA) is 17.1 Å². The third-order valence-electron chi connectivity index (χ3n) is 3.52. The highest BCUT2D eigenvalue weighted by molar-refractivity contribution is 5.82. The Balaban J connectivity index is 2.13. The molecule has 0 saturated heterocycles. The van der Waals surface area contributed by atoms with E-state index in [-0.39, 0.29) is 5.41 Å². The summed E-state index contributed by atoms with van der Waals surface area (Å²) >= 11 is 0. The summed E-state index contributed by atoms with van der Waals surface area (Å²) in [5.74, 6) is 1.12. The first-order valence-corrected chi connectivity index (χ1v) is 6.00. The Morgan fingerprint density at radius 3 is 2.12 bits per heavy atom. The highest BCUT2D eigenvalue weighted by Crippen LogP contribution is 2.48. The average molecular weight is 216 g/mol. The second-order valence-corrected chi connectivity index (χ2v) is 5.93. The monoisotopic (exact) mass is 216 g/mol. The van der Waals surface area contributed by atoms with E-state index in [1.165, 1.54) is 11.1 Å². The summed E-state index contributed by atoms with van der Waals surface area (Å²) < 4.78 is 0. The Morgan fingerprint density at radius 2 is 1.75 bits per heavy atom. The highest BCUT2D eigenvalue weighted by Gasteiger charge is 2.41. The van der Waals surface area contributed by atoms with Gasteiger partial charge >= 0.3 is 0 Å². The van der Waals surface area contributed by atoms with Crippen molar-refractivity contribution in [2.75, 3.05) is 0 Å². The van der Waals surface area contributed by atoms with E-state index >= 15 is 0 Å². The van der Waals surface area contributed by atoms with Gasteiger partial charge in [0.2, 0.25) is 0 Å². The molecule has 0 aliphatic heterocycles. The van der Waals surface area contributed by atoms with Gasteiger partial charge in [0.1, 0.15) is 5.78 Å². The van der Waals surface area contributed by atoms with Gasteiger partial charge in [0, 0.05) is 5.92 Å². The highest BCUT2D eigenvalue weighted by atomic mass is 16.1. The van der Waals surface area contributed by atoms with Crippen LogP contribution >= 0.6 is 0 Å². The summed E-state index contributed by atoms with van der Waals surface area (Å²) in [5, 5.41) is 0. The minimum atomic E-state index is 0.210. The second-order valence-electron chi connectivity index (χ2n) is 5.93. The van der Waals surface area contributed by atoms with Gasteiger partial charge in [-0.1, -0.05) is 45.0 Å². The fourth-order valence-corrected chi connectivity index (χ4v) is 2.24. The molecule has 1 nitrogen and oxygen atoms in total. The fraction of sp³-hybridized carbons (Fsp3) is 0.533. The van der Waals surface area contributed by atoms with Crippen LogP contribution < -0.4 is 0 Å². The van der Waals surface area contributed by atoms with Crippen LogP contribution in [0.15, 0.2) is 24.3 Å². The van der Waals surface area contributed by atoms with Gasteiger partial charge < -0.3 is 0 Å². The van der Waals surface area contributed by atoms with Gasteiger partial charge in [0.15, 0.2) is 0 Å². The van der Waals surface area contributed by atoms with Crippen molar-refractivity contribution in [3.8, 4) is 0 Å². The molecule has 1 aliphatic carbocycles. The first kappa shape index (κ1) is 11.4. The molecular weight excluding hydrogens is 196 g/mol. The van der Waals surface area contributed by atoms with Crippen LogP contribution in [-0.4, -0.2) is 5.78 Å². The van der Waals surface area contributed by atoms with Crippen LogP contribution in [0.3, 0.4) is 0 Å².